The summed E-state index contributed by atoms with van der Waals surface area (Å²) in [7, 11) is 0. The van der Waals surface area contributed by atoms with E-state index in [2.05, 4.69) is 15.5 Å². The number of benzene rings is 1. The molecule has 6 heteroatoms. The van der Waals surface area contributed by atoms with Crippen molar-refractivity contribution in [1.29, 1.82) is 0 Å². The van der Waals surface area contributed by atoms with Crippen molar-refractivity contribution in [2.24, 2.45) is 0 Å². The fourth-order valence-electron chi connectivity index (χ4n) is 1.78. The molecule has 2 aromatic rings. The summed E-state index contributed by atoms with van der Waals surface area (Å²) >= 11 is 1.56. The van der Waals surface area contributed by atoms with E-state index in [4.69, 9.17) is 5.11 Å². The van der Waals surface area contributed by atoms with Crippen LogP contribution in [0.1, 0.15) is 17.5 Å². The Morgan fingerprint density at radius 2 is 2.00 bits per heavy atom. The maximum absolute atomic E-state index is 8.80. The Bertz CT molecular complexity index is 506. The zero-order valence-corrected chi connectivity index (χ0v) is 11.3. The molecule has 0 unspecified atom stereocenters. The predicted molar refractivity (Wildman–Crippen MR) is 71.1 cm³/mol. The van der Waals surface area contributed by atoms with Crippen molar-refractivity contribution in [2.75, 3.05) is 12.4 Å². The summed E-state index contributed by atoms with van der Waals surface area (Å²) in [5, 5.41) is 21.4. The van der Waals surface area contributed by atoms with Crippen molar-refractivity contribution in [2.45, 2.75) is 25.4 Å². The number of aryl methyl sites for hydroxylation is 2. The molecule has 0 fully saturated rings. The van der Waals surface area contributed by atoms with E-state index in [0.717, 1.165) is 34.1 Å². The molecule has 0 spiro atoms. The van der Waals surface area contributed by atoms with Gasteiger partial charge in [-0.2, -0.15) is 4.68 Å². The summed E-state index contributed by atoms with van der Waals surface area (Å²) in [6.07, 6.45) is 0.740. The third-order valence-corrected chi connectivity index (χ3v) is 3.63. The van der Waals surface area contributed by atoms with E-state index in [1.165, 1.54) is 0 Å². The van der Waals surface area contributed by atoms with E-state index < -0.39 is 0 Å². The van der Waals surface area contributed by atoms with E-state index >= 15 is 0 Å². The number of hydrogen-bond acceptors (Lipinski definition) is 5. The van der Waals surface area contributed by atoms with Crippen molar-refractivity contribution in [3.63, 3.8) is 0 Å². The number of rotatable bonds is 5. The van der Waals surface area contributed by atoms with Crippen molar-refractivity contribution >= 4 is 11.8 Å². The van der Waals surface area contributed by atoms with Gasteiger partial charge in [-0.05, 0) is 41.8 Å². The van der Waals surface area contributed by atoms with E-state index in [0.29, 0.717) is 0 Å². The number of nitrogens with zero attached hydrogens (tertiary/aromatic N) is 4. The van der Waals surface area contributed by atoms with Gasteiger partial charge in [-0.25, -0.2) is 0 Å². The van der Waals surface area contributed by atoms with Crippen LogP contribution in [0.2, 0.25) is 0 Å². The first-order valence-corrected chi connectivity index (χ1v) is 6.81. The number of thioether (sulfide) groups is 1. The van der Waals surface area contributed by atoms with Gasteiger partial charge in [0.1, 0.15) is 0 Å². The van der Waals surface area contributed by atoms with Crippen LogP contribution in [-0.4, -0.2) is 37.7 Å². The Morgan fingerprint density at radius 3 is 2.67 bits per heavy atom. The lowest BCUT2D eigenvalue weighted by Crippen LogP contribution is -2.04. The molecule has 0 amide bonds. The normalized spacial score (nSPS) is 10.8. The minimum absolute atomic E-state index is 0.192. The second kappa shape index (κ2) is 5.97. The van der Waals surface area contributed by atoms with Crippen LogP contribution in [0.25, 0.3) is 5.69 Å². The monoisotopic (exact) mass is 264 g/mol. The van der Waals surface area contributed by atoms with Gasteiger partial charge in [-0.1, -0.05) is 30.0 Å². The number of aromatic nitrogens is 4. The fourth-order valence-corrected chi connectivity index (χ4v) is 2.58. The Labute approximate surface area is 110 Å². The molecular weight excluding hydrogens is 248 g/mol. The van der Waals surface area contributed by atoms with Crippen LogP contribution in [0.5, 0.6) is 0 Å². The number of tetrazole rings is 1. The maximum atomic E-state index is 8.80. The summed E-state index contributed by atoms with van der Waals surface area (Å²) < 4.78 is 1.77. The molecule has 0 bridgehead atoms. The smallest absolute Gasteiger partial charge is 0.214 e. The number of aliphatic hydroxyl groups excluding tert-OH is 1. The van der Waals surface area contributed by atoms with Crippen LogP contribution in [0.15, 0.2) is 23.4 Å². The summed E-state index contributed by atoms with van der Waals surface area (Å²) in [6.45, 7) is 4.29. The van der Waals surface area contributed by atoms with Crippen molar-refractivity contribution in [3.8, 4) is 5.69 Å². The maximum Gasteiger partial charge on any atom is 0.214 e. The summed E-state index contributed by atoms with van der Waals surface area (Å²) in [5.74, 6) is 0.807. The van der Waals surface area contributed by atoms with E-state index in [1.54, 1.807) is 16.4 Å². The molecule has 0 atom stereocenters. The SMILES string of the molecule is Cc1cccc(C)c1-n1nnnc1SCCCO. The predicted octanol–water partition coefficient (Wildman–Crippen LogP) is 1.75. The van der Waals surface area contributed by atoms with E-state index in [-0.39, 0.29) is 6.61 Å². The van der Waals surface area contributed by atoms with Gasteiger partial charge in [0.25, 0.3) is 0 Å². The van der Waals surface area contributed by atoms with Gasteiger partial charge in [0, 0.05) is 12.4 Å². The minimum atomic E-state index is 0.192. The highest BCUT2D eigenvalue weighted by atomic mass is 32.2. The molecule has 0 aliphatic rings. The lowest BCUT2D eigenvalue weighted by Gasteiger charge is -2.10. The summed E-state index contributed by atoms with van der Waals surface area (Å²) in [4.78, 5) is 0. The van der Waals surface area contributed by atoms with Crippen molar-refractivity contribution < 1.29 is 5.11 Å². The summed E-state index contributed by atoms with van der Waals surface area (Å²) in [5.41, 5.74) is 3.33. The molecule has 1 aromatic carbocycles. The lowest BCUT2D eigenvalue weighted by atomic mass is 10.1. The molecule has 0 radical (unpaired) electrons. The molecule has 1 aromatic heterocycles. The highest BCUT2D eigenvalue weighted by molar-refractivity contribution is 7.99. The summed E-state index contributed by atoms with van der Waals surface area (Å²) in [6, 6.07) is 6.12. The molecule has 2 rings (SSSR count). The van der Waals surface area contributed by atoms with Crippen molar-refractivity contribution in [1.82, 2.24) is 20.2 Å². The molecule has 0 saturated carbocycles. The Kier molecular flexibility index (Phi) is 4.33. The van der Waals surface area contributed by atoms with Crippen LogP contribution < -0.4 is 0 Å². The quantitative estimate of drug-likeness (QED) is 0.658. The zero-order chi connectivity index (χ0) is 13.0. The molecule has 0 saturated heterocycles. The van der Waals surface area contributed by atoms with E-state index in [1.807, 2.05) is 32.0 Å². The first-order chi connectivity index (χ1) is 8.74. The molecule has 96 valence electrons. The molecule has 18 heavy (non-hydrogen) atoms. The van der Waals surface area contributed by atoms with Crippen molar-refractivity contribution in [3.05, 3.63) is 29.3 Å². The topological polar surface area (TPSA) is 63.8 Å². The Morgan fingerprint density at radius 1 is 1.28 bits per heavy atom. The van der Waals surface area contributed by atoms with Gasteiger partial charge in [0.15, 0.2) is 0 Å². The minimum Gasteiger partial charge on any atom is -0.396 e. The Hall–Kier alpha value is -1.40. The molecular formula is C12H16N4OS. The lowest BCUT2D eigenvalue weighted by molar-refractivity contribution is 0.296. The first kappa shape index (κ1) is 13.0. The molecule has 0 aliphatic heterocycles. The van der Waals surface area contributed by atoms with Crippen LogP contribution >= 0.6 is 11.8 Å². The van der Waals surface area contributed by atoms with Gasteiger partial charge in [-0.15, -0.1) is 5.10 Å². The van der Waals surface area contributed by atoms with Crippen LogP contribution in [0.3, 0.4) is 0 Å². The zero-order valence-electron chi connectivity index (χ0n) is 10.5. The van der Waals surface area contributed by atoms with Gasteiger partial charge in [0.2, 0.25) is 5.16 Å². The molecule has 1 N–H and O–H groups in total. The first-order valence-electron chi connectivity index (χ1n) is 5.82. The number of para-hydroxylation sites is 1. The molecule has 5 nitrogen and oxygen atoms in total. The van der Waals surface area contributed by atoms with Gasteiger partial charge >= 0.3 is 0 Å². The Balaban J connectivity index is 2.31. The number of aliphatic hydroxyl groups is 1. The second-order valence-electron chi connectivity index (χ2n) is 4.04. The molecule has 1 heterocycles. The highest BCUT2D eigenvalue weighted by Gasteiger charge is 2.12. The van der Waals surface area contributed by atoms with Gasteiger partial charge < -0.3 is 5.11 Å². The average Bonchev–Trinajstić information content (AvgIpc) is 2.78. The standard InChI is InChI=1S/C12H16N4OS/c1-9-5-3-6-10(2)11(9)16-12(13-14-15-16)18-8-4-7-17/h3,5-6,17H,4,7-8H2,1-2H3. The largest absolute Gasteiger partial charge is 0.396 e. The third kappa shape index (κ3) is 2.70. The fraction of sp³-hybridized carbons (Fsp3) is 0.417. The van der Waals surface area contributed by atoms with Crippen LogP contribution in [0, 0.1) is 13.8 Å². The van der Waals surface area contributed by atoms with Crippen LogP contribution in [0.4, 0.5) is 0 Å². The second-order valence-corrected chi connectivity index (χ2v) is 5.10. The van der Waals surface area contributed by atoms with E-state index in [9.17, 15) is 0 Å². The number of hydrogen-bond donors (Lipinski definition) is 1. The third-order valence-electron chi connectivity index (χ3n) is 2.63. The molecule has 0 aliphatic carbocycles. The van der Waals surface area contributed by atoms with Crippen LogP contribution in [-0.2, 0) is 0 Å². The van der Waals surface area contributed by atoms with Gasteiger partial charge in [-0.3, -0.25) is 0 Å². The van der Waals surface area contributed by atoms with Gasteiger partial charge in [0.05, 0.1) is 5.69 Å². The average molecular weight is 264 g/mol. The highest BCUT2D eigenvalue weighted by Crippen LogP contribution is 2.23.